The fourth-order valence-corrected chi connectivity index (χ4v) is 3.74. The SMILES string of the molecule is Cc1c(CNS(=O)(=O)c2cccc3nsnc23)cnn1C. The van der Waals surface area contributed by atoms with Gasteiger partial charge in [-0.05, 0) is 19.1 Å². The summed E-state index contributed by atoms with van der Waals surface area (Å²) in [6, 6.07) is 4.93. The van der Waals surface area contributed by atoms with Crippen LogP contribution in [0.15, 0.2) is 29.3 Å². The Bertz CT molecular complexity index is 897. The van der Waals surface area contributed by atoms with E-state index in [1.165, 1.54) is 6.07 Å². The van der Waals surface area contributed by atoms with E-state index in [-0.39, 0.29) is 11.4 Å². The van der Waals surface area contributed by atoms with Gasteiger partial charge in [0.25, 0.3) is 0 Å². The average molecular weight is 323 g/mol. The van der Waals surface area contributed by atoms with Crippen LogP contribution in [0.1, 0.15) is 11.3 Å². The van der Waals surface area contributed by atoms with Gasteiger partial charge in [-0.1, -0.05) is 6.07 Å². The van der Waals surface area contributed by atoms with E-state index >= 15 is 0 Å². The molecular weight excluding hydrogens is 310 g/mol. The molecular formula is C12H13N5O2S2. The molecule has 0 spiro atoms. The first kappa shape index (κ1) is 14.1. The lowest BCUT2D eigenvalue weighted by Crippen LogP contribution is -2.23. The predicted octanol–water partition coefficient (Wildman–Crippen LogP) is 1.21. The largest absolute Gasteiger partial charge is 0.273 e. The summed E-state index contributed by atoms with van der Waals surface area (Å²) >= 11 is 0.998. The third-order valence-corrected chi connectivity index (χ3v) is 5.30. The minimum absolute atomic E-state index is 0.148. The summed E-state index contributed by atoms with van der Waals surface area (Å²) in [6.07, 6.45) is 1.66. The van der Waals surface area contributed by atoms with E-state index in [1.54, 1.807) is 23.0 Å². The second-order valence-electron chi connectivity index (χ2n) is 4.59. The molecule has 0 unspecified atom stereocenters. The second-order valence-corrected chi connectivity index (χ2v) is 6.86. The number of benzene rings is 1. The van der Waals surface area contributed by atoms with Crippen molar-refractivity contribution < 1.29 is 8.42 Å². The van der Waals surface area contributed by atoms with Crippen LogP contribution < -0.4 is 4.72 Å². The first-order valence-electron chi connectivity index (χ1n) is 6.17. The number of aryl methyl sites for hydroxylation is 1. The van der Waals surface area contributed by atoms with Crippen molar-refractivity contribution in [3.63, 3.8) is 0 Å². The van der Waals surface area contributed by atoms with E-state index in [9.17, 15) is 8.42 Å². The Kier molecular flexibility index (Phi) is 3.47. The van der Waals surface area contributed by atoms with E-state index in [0.717, 1.165) is 23.0 Å². The summed E-state index contributed by atoms with van der Waals surface area (Å²) in [4.78, 5) is 0.148. The van der Waals surface area contributed by atoms with Gasteiger partial charge in [0, 0.05) is 24.8 Å². The molecule has 1 aromatic carbocycles. The van der Waals surface area contributed by atoms with Crippen LogP contribution in [0.25, 0.3) is 11.0 Å². The molecule has 0 fully saturated rings. The van der Waals surface area contributed by atoms with Gasteiger partial charge in [0.15, 0.2) is 0 Å². The van der Waals surface area contributed by atoms with E-state index in [1.807, 2.05) is 14.0 Å². The molecule has 0 saturated heterocycles. The first-order valence-corrected chi connectivity index (χ1v) is 8.39. The van der Waals surface area contributed by atoms with Crippen molar-refractivity contribution in [3.05, 3.63) is 35.7 Å². The number of rotatable bonds is 4. The lowest BCUT2D eigenvalue weighted by atomic mass is 10.3. The van der Waals surface area contributed by atoms with Crippen molar-refractivity contribution in [2.45, 2.75) is 18.4 Å². The first-order chi connectivity index (χ1) is 9.99. The maximum Gasteiger partial charge on any atom is 0.243 e. The molecule has 1 N–H and O–H groups in total. The monoisotopic (exact) mass is 323 g/mol. The van der Waals surface area contributed by atoms with Gasteiger partial charge in [-0.3, -0.25) is 4.68 Å². The Balaban J connectivity index is 1.91. The Morgan fingerprint density at radius 2 is 2.14 bits per heavy atom. The Hall–Kier alpha value is -1.84. The van der Waals surface area contributed by atoms with Gasteiger partial charge in [0.05, 0.1) is 17.9 Å². The van der Waals surface area contributed by atoms with Crippen LogP contribution in [0.5, 0.6) is 0 Å². The molecule has 2 aromatic heterocycles. The van der Waals surface area contributed by atoms with Gasteiger partial charge in [-0.15, -0.1) is 0 Å². The molecule has 0 radical (unpaired) electrons. The topological polar surface area (TPSA) is 89.8 Å². The third kappa shape index (κ3) is 2.55. The van der Waals surface area contributed by atoms with Crippen molar-refractivity contribution in [1.82, 2.24) is 23.2 Å². The number of hydrogen-bond donors (Lipinski definition) is 1. The Morgan fingerprint density at radius 1 is 1.33 bits per heavy atom. The predicted molar refractivity (Wildman–Crippen MR) is 79.4 cm³/mol. The highest BCUT2D eigenvalue weighted by Crippen LogP contribution is 2.21. The molecule has 0 aliphatic heterocycles. The Morgan fingerprint density at radius 3 is 2.86 bits per heavy atom. The van der Waals surface area contributed by atoms with Gasteiger partial charge in [0.1, 0.15) is 15.9 Å². The maximum atomic E-state index is 12.4. The summed E-state index contributed by atoms with van der Waals surface area (Å²) in [6.45, 7) is 2.08. The molecule has 0 aliphatic carbocycles. The van der Waals surface area contributed by atoms with Gasteiger partial charge in [-0.25, -0.2) is 13.1 Å². The molecule has 110 valence electrons. The van der Waals surface area contributed by atoms with E-state index < -0.39 is 10.0 Å². The van der Waals surface area contributed by atoms with Crippen molar-refractivity contribution in [2.75, 3.05) is 0 Å². The van der Waals surface area contributed by atoms with E-state index in [2.05, 4.69) is 18.6 Å². The molecule has 0 bridgehead atoms. The number of nitrogens with zero attached hydrogens (tertiary/aromatic N) is 4. The average Bonchev–Trinajstić information content (AvgIpc) is 3.05. The molecule has 3 rings (SSSR count). The minimum Gasteiger partial charge on any atom is -0.273 e. The zero-order chi connectivity index (χ0) is 15.0. The zero-order valence-electron chi connectivity index (χ0n) is 11.4. The smallest absolute Gasteiger partial charge is 0.243 e. The highest BCUT2D eigenvalue weighted by molar-refractivity contribution is 7.89. The van der Waals surface area contributed by atoms with Crippen LogP contribution in [-0.4, -0.2) is 26.9 Å². The summed E-state index contributed by atoms with van der Waals surface area (Å²) in [5.74, 6) is 0. The highest BCUT2D eigenvalue weighted by Gasteiger charge is 2.19. The number of aromatic nitrogens is 4. The van der Waals surface area contributed by atoms with Crippen LogP contribution in [0, 0.1) is 6.92 Å². The number of sulfonamides is 1. The van der Waals surface area contributed by atoms with Crippen LogP contribution in [0.3, 0.4) is 0 Å². The summed E-state index contributed by atoms with van der Waals surface area (Å²) in [5, 5.41) is 4.09. The minimum atomic E-state index is -3.65. The van der Waals surface area contributed by atoms with Crippen molar-refractivity contribution in [2.24, 2.45) is 7.05 Å². The number of nitrogens with one attached hydrogen (secondary N) is 1. The number of fused-ring (bicyclic) bond motifs is 1. The molecule has 7 nitrogen and oxygen atoms in total. The van der Waals surface area contributed by atoms with Crippen LogP contribution in [0.2, 0.25) is 0 Å². The van der Waals surface area contributed by atoms with Crippen LogP contribution in [-0.2, 0) is 23.6 Å². The summed E-state index contributed by atoms with van der Waals surface area (Å²) in [5.41, 5.74) is 2.74. The fraction of sp³-hybridized carbons (Fsp3) is 0.250. The number of hydrogen-bond acceptors (Lipinski definition) is 6. The normalized spacial score (nSPS) is 12.1. The Labute approximate surface area is 126 Å². The quantitative estimate of drug-likeness (QED) is 0.779. The molecule has 0 amide bonds. The van der Waals surface area contributed by atoms with Crippen molar-refractivity contribution in [3.8, 4) is 0 Å². The van der Waals surface area contributed by atoms with Crippen molar-refractivity contribution >= 4 is 32.8 Å². The molecule has 0 aliphatic rings. The molecule has 0 atom stereocenters. The zero-order valence-corrected chi connectivity index (χ0v) is 13.1. The summed E-state index contributed by atoms with van der Waals surface area (Å²) < 4.78 is 37.3. The van der Waals surface area contributed by atoms with Gasteiger partial charge >= 0.3 is 0 Å². The third-order valence-electron chi connectivity index (χ3n) is 3.33. The van der Waals surface area contributed by atoms with Gasteiger partial charge in [-0.2, -0.15) is 13.8 Å². The van der Waals surface area contributed by atoms with E-state index in [4.69, 9.17) is 0 Å². The molecule has 0 saturated carbocycles. The lowest BCUT2D eigenvalue weighted by Gasteiger charge is -2.07. The molecule has 3 aromatic rings. The standard InChI is InChI=1S/C12H13N5O2S2/c1-8-9(6-13-17(8)2)7-14-21(18,19)11-5-3-4-10-12(11)16-20-15-10/h3-6,14H,7H2,1-2H3. The second kappa shape index (κ2) is 5.17. The molecule has 2 heterocycles. The van der Waals surface area contributed by atoms with Crippen LogP contribution in [0.4, 0.5) is 0 Å². The van der Waals surface area contributed by atoms with Gasteiger partial charge < -0.3 is 0 Å². The summed E-state index contributed by atoms with van der Waals surface area (Å²) in [7, 11) is -1.83. The van der Waals surface area contributed by atoms with Gasteiger partial charge in [0.2, 0.25) is 10.0 Å². The highest BCUT2D eigenvalue weighted by atomic mass is 32.2. The maximum absolute atomic E-state index is 12.4. The van der Waals surface area contributed by atoms with Crippen molar-refractivity contribution in [1.29, 1.82) is 0 Å². The van der Waals surface area contributed by atoms with Crippen LogP contribution >= 0.6 is 11.7 Å². The van der Waals surface area contributed by atoms with E-state index in [0.29, 0.717) is 11.0 Å². The fourth-order valence-electron chi connectivity index (χ4n) is 1.97. The lowest BCUT2D eigenvalue weighted by molar-refractivity contribution is 0.582. The molecule has 9 heteroatoms. The molecule has 21 heavy (non-hydrogen) atoms.